The zero-order valence-electron chi connectivity index (χ0n) is 12.9. The van der Waals surface area contributed by atoms with Crippen molar-refractivity contribution in [3.63, 3.8) is 0 Å². The molecule has 1 saturated heterocycles. The fraction of sp³-hybridized carbons (Fsp3) is 0.643. The topological polar surface area (TPSA) is 52.6 Å². The highest BCUT2D eigenvalue weighted by Crippen LogP contribution is 2.22. The van der Waals surface area contributed by atoms with E-state index in [1.807, 2.05) is 39.2 Å². The van der Waals surface area contributed by atoms with Crippen LogP contribution in [0.3, 0.4) is 0 Å². The molecule has 0 aliphatic carbocycles. The molecule has 0 N–H and O–H groups in total. The molecule has 1 atom stereocenters. The first-order chi connectivity index (χ1) is 9.40. The molecule has 110 valence electrons. The van der Waals surface area contributed by atoms with E-state index in [1.54, 1.807) is 11.8 Å². The fourth-order valence-electron chi connectivity index (χ4n) is 2.53. The Hall–Kier alpha value is -1.85. The van der Waals surface area contributed by atoms with Crippen LogP contribution in [0.15, 0.2) is 6.20 Å². The summed E-state index contributed by atoms with van der Waals surface area (Å²) >= 11 is 0. The van der Waals surface area contributed by atoms with Gasteiger partial charge in [0.2, 0.25) is 11.9 Å². The van der Waals surface area contributed by atoms with Gasteiger partial charge in [0.1, 0.15) is 5.82 Å². The Morgan fingerprint density at radius 2 is 2.10 bits per heavy atom. The first-order valence-corrected chi connectivity index (χ1v) is 6.89. The third-order valence-electron chi connectivity index (χ3n) is 3.85. The van der Waals surface area contributed by atoms with Gasteiger partial charge in [-0.3, -0.25) is 4.79 Å². The van der Waals surface area contributed by atoms with Gasteiger partial charge in [0, 0.05) is 52.9 Å². The van der Waals surface area contributed by atoms with Crippen molar-refractivity contribution in [3.05, 3.63) is 11.8 Å². The molecule has 1 aromatic rings. The van der Waals surface area contributed by atoms with Gasteiger partial charge in [0.05, 0.1) is 6.04 Å². The maximum absolute atomic E-state index is 11.4. The highest BCUT2D eigenvalue weighted by Gasteiger charge is 2.28. The number of aryl methyl sites for hydroxylation is 1. The molecular formula is C14H23N5O. The van der Waals surface area contributed by atoms with Crippen molar-refractivity contribution < 1.29 is 4.79 Å². The molecule has 2 heterocycles. The first kappa shape index (κ1) is 14.6. The standard InChI is InChI=1S/C14H23N5O/c1-10-8-15-14(16-13(10)17(3)4)19-7-6-12(9-19)18(5)11(2)20/h8,12H,6-7,9H2,1-5H3. The molecule has 1 aliphatic heterocycles. The highest BCUT2D eigenvalue weighted by atomic mass is 16.2. The number of nitrogens with zero attached hydrogens (tertiary/aromatic N) is 5. The molecule has 1 aromatic heterocycles. The van der Waals surface area contributed by atoms with E-state index in [4.69, 9.17) is 0 Å². The average Bonchev–Trinajstić information content (AvgIpc) is 2.87. The summed E-state index contributed by atoms with van der Waals surface area (Å²) in [5.74, 6) is 1.80. The Kier molecular flexibility index (Phi) is 4.11. The second kappa shape index (κ2) is 5.64. The third-order valence-corrected chi connectivity index (χ3v) is 3.85. The van der Waals surface area contributed by atoms with Crippen LogP contribution in [0.1, 0.15) is 18.9 Å². The van der Waals surface area contributed by atoms with Gasteiger partial charge < -0.3 is 14.7 Å². The number of rotatable bonds is 3. The van der Waals surface area contributed by atoms with Crippen LogP contribution < -0.4 is 9.80 Å². The maximum Gasteiger partial charge on any atom is 0.227 e. The van der Waals surface area contributed by atoms with Gasteiger partial charge in [0.25, 0.3) is 0 Å². The van der Waals surface area contributed by atoms with Gasteiger partial charge in [-0.05, 0) is 13.3 Å². The summed E-state index contributed by atoms with van der Waals surface area (Å²) in [6.07, 6.45) is 2.82. The van der Waals surface area contributed by atoms with Gasteiger partial charge in [-0.2, -0.15) is 4.98 Å². The van der Waals surface area contributed by atoms with Crippen LogP contribution in [0, 0.1) is 6.92 Å². The lowest BCUT2D eigenvalue weighted by Gasteiger charge is -2.24. The zero-order valence-corrected chi connectivity index (χ0v) is 12.9. The fourth-order valence-corrected chi connectivity index (χ4v) is 2.53. The van der Waals surface area contributed by atoms with E-state index in [2.05, 4.69) is 14.9 Å². The molecule has 1 aliphatic rings. The summed E-state index contributed by atoms with van der Waals surface area (Å²) in [7, 11) is 5.82. The molecule has 0 bridgehead atoms. The van der Waals surface area contributed by atoms with Crippen LogP contribution >= 0.6 is 0 Å². The van der Waals surface area contributed by atoms with Crippen molar-refractivity contribution in [2.24, 2.45) is 0 Å². The summed E-state index contributed by atoms with van der Waals surface area (Å²) in [4.78, 5) is 26.4. The van der Waals surface area contributed by atoms with Crippen LogP contribution in [0.4, 0.5) is 11.8 Å². The molecule has 6 nitrogen and oxygen atoms in total. The minimum absolute atomic E-state index is 0.107. The summed E-state index contributed by atoms with van der Waals surface area (Å²) in [5.41, 5.74) is 1.07. The molecule has 2 rings (SSSR count). The van der Waals surface area contributed by atoms with Gasteiger partial charge in [-0.1, -0.05) is 0 Å². The lowest BCUT2D eigenvalue weighted by Crippen LogP contribution is -2.37. The predicted octanol–water partition coefficient (Wildman–Crippen LogP) is 0.908. The predicted molar refractivity (Wildman–Crippen MR) is 80.2 cm³/mol. The van der Waals surface area contributed by atoms with Crippen LogP contribution in [-0.2, 0) is 4.79 Å². The Bertz CT molecular complexity index is 502. The number of carbonyl (C=O) groups excluding carboxylic acids is 1. The zero-order chi connectivity index (χ0) is 14.9. The third kappa shape index (κ3) is 2.84. The highest BCUT2D eigenvalue weighted by molar-refractivity contribution is 5.73. The normalized spacial score (nSPS) is 18.2. The summed E-state index contributed by atoms with van der Waals surface area (Å²) in [6.45, 7) is 5.30. The van der Waals surface area contributed by atoms with Crippen LogP contribution in [-0.4, -0.2) is 61.0 Å². The molecule has 6 heteroatoms. The quantitative estimate of drug-likeness (QED) is 0.822. The van der Waals surface area contributed by atoms with Crippen LogP contribution in [0.2, 0.25) is 0 Å². The minimum atomic E-state index is 0.107. The molecule has 0 aromatic carbocycles. The molecule has 20 heavy (non-hydrogen) atoms. The van der Waals surface area contributed by atoms with E-state index < -0.39 is 0 Å². The molecular weight excluding hydrogens is 254 g/mol. The number of amides is 1. The monoisotopic (exact) mass is 277 g/mol. The number of anilines is 2. The van der Waals surface area contributed by atoms with Crippen molar-refractivity contribution in [2.75, 3.05) is 44.0 Å². The summed E-state index contributed by atoms with van der Waals surface area (Å²) < 4.78 is 0. The first-order valence-electron chi connectivity index (χ1n) is 6.89. The summed E-state index contributed by atoms with van der Waals surface area (Å²) in [5, 5.41) is 0. The van der Waals surface area contributed by atoms with Gasteiger partial charge in [-0.25, -0.2) is 4.98 Å². The second-order valence-corrected chi connectivity index (χ2v) is 5.59. The molecule has 1 fully saturated rings. The maximum atomic E-state index is 11.4. The molecule has 1 unspecified atom stereocenters. The van der Waals surface area contributed by atoms with Crippen LogP contribution in [0.25, 0.3) is 0 Å². The van der Waals surface area contributed by atoms with Crippen molar-refractivity contribution in [2.45, 2.75) is 26.3 Å². The van der Waals surface area contributed by atoms with E-state index >= 15 is 0 Å². The lowest BCUT2D eigenvalue weighted by atomic mass is 10.2. The van der Waals surface area contributed by atoms with Crippen LogP contribution in [0.5, 0.6) is 0 Å². The van der Waals surface area contributed by atoms with E-state index in [1.165, 1.54) is 0 Å². The number of hydrogen-bond acceptors (Lipinski definition) is 5. The molecule has 0 radical (unpaired) electrons. The molecule has 0 spiro atoms. The molecule has 0 saturated carbocycles. The van der Waals surface area contributed by atoms with E-state index in [0.29, 0.717) is 0 Å². The Balaban J connectivity index is 2.14. The summed E-state index contributed by atoms with van der Waals surface area (Å²) in [6, 6.07) is 0.250. The number of carbonyl (C=O) groups is 1. The Labute approximate surface area is 120 Å². The number of aromatic nitrogens is 2. The number of hydrogen-bond donors (Lipinski definition) is 0. The average molecular weight is 277 g/mol. The van der Waals surface area contributed by atoms with Crippen molar-refractivity contribution in [3.8, 4) is 0 Å². The van der Waals surface area contributed by atoms with E-state index in [9.17, 15) is 4.79 Å². The SMILES string of the molecule is CC(=O)N(C)C1CCN(c2ncc(C)c(N(C)C)n2)C1. The number of likely N-dealkylation sites (N-methyl/N-ethyl adjacent to an activating group) is 1. The van der Waals surface area contributed by atoms with Crippen molar-refractivity contribution >= 4 is 17.7 Å². The van der Waals surface area contributed by atoms with Gasteiger partial charge >= 0.3 is 0 Å². The van der Waals surface area contributed by atoms with Gasteiger partial charge in [-0.15, -0.1) is 0 Å². The molecule has 1 amide bonds. The van der Waals surface area contributed by atoms with E-state index in [-0.39, 0.29) is 11.9 Å². The Morgan fingerprint density at radius 1 is 1.40 bits per heavy atom. The van der Waals surface area contributed by atoms with Crippen molar-refractivity contribution in [1.29, 1.82) is 0 Å². The van der Waals surface area contributed by atoms with E-state index in [0.717, 1.165) is 36.8 Å². The minimum Gasteiger partial charge on any atom is -0.362 e. The van der Waals surface area contributed by atoms with Crippen molar-refractivity contribution in [1.82, 2.24) is 14.9 Å². The smallest absolute Gasteiger partial charge is 0.227 e. The lowest BCUT2D eigenvalue weighted by molar-refractivity contribution is -0.129. The second-order valence-electron chi connectivity index (χ2n) is 5.59. The Morgan fingerprint density at radius 3 is 2.70 bits per heavy atom. The van der Waals surface area contributed by atoms with Gasteiger partial charge in [0.15, 0.2) is 0 Å². The largest absolute Gasteiger partial charge is 0.362 e.